The molecule has 3 rings (SSSR count). The lowest BCUT2D eigenvalue weighted by molar-refractivity contribution is -0.383. The molecule has 100 valence electrons. The summed E-state index contributed by atoms with van der Waals surface area (Å²) in [5.74, 6) is -0.734. The number of fused-ring (bicyclic) bond motifs is 1. The standard InChI is InChI=1S/C12H6FIN4O2/c13-9-4-10(18(19)20)8-2-1-3-15-11(8)12(9)17-6-7(14)5-16-17/h1-6H. The van der Waals surface area contributed by atoms with Crippen LogP contribution in [0.3, 0.4) is 0 Å². The summed E-state index contributed by atoms with van der Waals surface area (Å²) in [7, 11) is 0. The highest BCUT2D eigenvalue weighted by Crippen LogP contribution is 2.31. The van der Waals surface area contributed by atoms with Crippen LogP contribution in [0.1, 0.15) is 0 Å². The van der Waals surface area contributed by atoms with E-state index in [1.807, 2.05) is 22.6 Å². The van der Waals surface area contributed by atoms with E-state index in [-0.39, 0.29) is 22.3 Å². The van der Waals surface area contributed by atoms with E-state index in [0.717, 1.165) is 9.64 Å². The number of halogens is 2. The van der Waals surface area contributed by atoms with Crippen molar-refractivity contribution in [3.05, 3.63) is 56.3 Å². The summed E-state index contributed by atoms with van der Waals surface area (Å²) in [5, 5.41) is 15.3. The Morgan fingerprint density at radius 3 is 2.90 bits per heavy atom. The van der Waals surface area contributed by atoms with E-state index >= 15 is 0 Å². The minimum absolute atomic E-state index is 0.106. The molecule has 8 heteroatoms. The van der Waals surface area contributed by atoms with E-state index in [1.54, 1.807) is 18.5 Å². The Kier molecular flexibility index (Phi) is 3.08. The number of nitrogens with zero attached hydrogens (tertiary/aromatic N) is 4. The van der Waals surface area contributed by atoms with Crippen LogP contribution >= 0.6 is 22.6 Å². The Morgan fingerprint density at radius 1 is 1.45 bits per heavy atom. The average molecular weight is 384 g/mol. The zero-order valence-corrected chi connectivity index (χ0v) is 12.0. The molecule has 0 amide bonds. The first kappa shape index (κ1) is 12.9. The maximum absolute atomic E-state index is 14.2. The second kappa shape index (κ2) is 4.78. The van der Waals surface area contributed by atoms with Crippen LogP contribution in [0.5, 0.6) is 0 Å². The number of non-ortho nitro benzene ring substituents is 1. The van der Waals surface area contributed by atoms with E-state index in [4.69, 9.17) is 0 Å². The molecule has 0 spiro atoms. The zero-order valence-electron chi connectivity index (χ0n) is 9.83. The zero-order chi connectivity index (χ0) is 14.3. The van der Waals surface area contributed by atoms with Gasteiger partial charge < -0.3 is 0 Å². The van der Waals surface area contributed by atoms with Crippen molar-refractivity contribution in [1.29, 1.82) is 0 Å². The van der Waals surface area contributed by atoms with Crippen molar-refractivity contribution in [2.24, 2.45) is 0 Å². The number of pyridine rings is 1. The molecule has 0 saturated carbocycles. The molecule has 1 aromatic carbocycles. The smallest absolute Gasteiger partial charge is 0.258 e. The van der Waals surface area contributed by atoms with E-state index in [2.05, 4.69) is 10.1 Å². The van der Waals surface area contributed by atoms with Gasteiger partial charge in [-0.25, -0.2) is 9.07 Å². The number of nitro benzene ring substituents is 1. The lowest BCUT2D eigenvalue weighted by atomic mass is 10.1. The molecule has 3 aromatic rings. The highest BCUT2D eigenvalue weighted by atomic mass is 127. The van der Waals surface area contributed by atoms with Gasteiger partial charge in [0, 0.05) is 12.4 Å². The number of rotatable bonds is 2. The highest BCUT2D eigenvalue weighted by Gasteiger charge is 2.21. The first-order valence-corrected chi connectivity index (χ1v) is 6.58. The Labute approximate surface area is 125 Å². The maximum Gasteiger partial charge on any atom is 0.281 e. The van der Waals surface area contributed by atoms with Gasteiger partial charge in [-0.1, -0.05) is 0 Å². The molecule has 0 unspecified atom stereocenters. The Balaban J connectivity index is 2.42. The summed E-state index contributed by atoms with van der Waals surface area (Å²) in [6.45, 7) is 0. The van der Waals surface area contributed by atoms with Gasteiger partial charge in [0.1, 0.15) is 11.2 Å². The van der Waals surface area contributed by atoms with Crippen molar-refractivity contribution in [2.75, 3.05) is 0 Å². The summed E-state index contributed by atoms with van der Waals surface area (Å²) in [6, 6.07) is 4.01. The van der Waals surface area contributed by atoms with Crippen LogP contribution in [0.15, 0.2) is 36.8 Å². The van der Waals surface area contributed by atoms with Gasteiger partial charge in [0.2, 0.25) is 0 Å². The molecule has 0 atom stereocenters. The molecule has 0 saturated heterocycles. The highest BCUT2D eigenvalue weighted by molar-refractivity contribution is 14.1. The summed E-state index contributed by atoms with van der Waals surface area (Å²) < 4.78 is 16.4. The summed E-state index contributed by atoms with van der Waals surface area (Å²) in [6.07, 6.45) is 4.65. The van der Waals surface area contributed by atoms with Gasteiger partial charge in [-0.3, -0.25) is 15.1 Å². The molecule has 6 nitrogen and oxygen atoms in total. The fourth-order valence-electron chi connectivity index (χ4n) is 1.97. The molecule has 20 heavy (non-hydrogen) atoms. The molecule has 0 aliphatic heterocycles. The third-order valence-electron chi connectivity index (χ3n) is 2.77. The summed E-state index contributed by atoms with van der Waals surface area (Å²) in [5.41, 5.74) is 0.00372. The molecule has 2 heterocycles. The number of benzene rings is 1. The lowest BCUT2D eigenvalue weighted by Gasteiger charge is -2.07. The molecule has 0 aliphatic carbocycles. The minimum atomic E-state index is -0.734. The lowest BCUT2D eigenvalue weighted by Crippen LogP contribution is -2.03. The predicted octanol–water partition coefficient (Wildman–Crippen LogP) is 3.07. The molecule has 2 aromatic heterocycles. The molecular weight excluding hydrogens is 378 g/mol. The van der Waals surface area contributed by atoms with Crippen molar-refractivity contribution in [2.45, 2.75) is 0 Å². The monoisotopic (exact) mass is 384 g/mol. The number of hydrogen-bond donors (Lipinski definition) is 0. The van der Waals surface area contributed by atoms with Gasteiger partial charge >= 0.3 is 0 Å². The van der Waals surface area contributed by atoms with Crippen molar-refractivity contribution in [1.82, 2.24) is 14.8 Å². The fraction of sp³-hybridized carbons (Fsp3) is 0. The van der Waals surface area contributed by atoms with Crippen LogP contribution in [0.2, 0.25) is 0 Å². The van der Waals surface area contributed by atoms with Crippen LogP contribution < -0.4 is 0 Å². The Morgan fingerprint density at radius 2 is 2.25 bits per heavy atom. The van der Waals surface area contributed by atoms with E-state index in [0.29, 0.717) is 0 Å². The van der Waals surface area contributed by atoms with Crippen LogP contribution in [0.4, 0.5) is 10.1 Å². The molecule has 0 aliphatic rings. The SMILES string of the molecule is O=[N+]([O-])c1cc(F)c(-n2cc(I)cn2)c2ncccc12. The molecule has 0 radical (unpaired) electrons. The fourth-order valence-corrected chi connectivity index (χ4v) is 2.36. The van der Waals surface area contributed by atoms with Crippen molar-refractivity contribution in [3.8, 4) is 5.69 Å². The Hall–Kier alpha value is -2.10. The second-order valence-electron chi connectivity index (χ2n) is 3.99. The number of hydrogen-bond acceptors (Lipinski definition) is 4. The molecular formula is C12H6FIN4O2. The molecule has 0 bridgehead atoms. The van der Waals surface area contributed by atoms with Crippen LogP contribution in [-0.2, 0) is 0 Å². The van der Waals surface area contributed by atoms with Gasteiger partial charge in [0.15, 0.2) is 5.82 Å². The quantitative estimate of drug-likeness (QED) is 0.387. The van der Waals surface area contributed by atoms with Gasteiger partial charge in [-0.05, 0) is 34.7 Å². The van der Waals surface area contributed by atoms with Crippen LogP contribution in [0, 0.1) is 19.5 Å². The van der Waals surface area contributed by atoms with Gasteiger partial charge in [-0.15, -0.1) is 0 Å². The van der Waals surface area contributed by atoms with Crippen molar-refractivity contribution < 1.29 is 9.31 Å². The van der Waals surface area contributed by atoms with E-state index in [1.165, 1.54) is 16.9 Å². The summed E-state index contributed by atoms with van der Waals surface area (Å²) >= 11 is 2.05. The van der Waals surface area contributed by atoms with E-state index < -0.39 is 10.7 Å². The maximum atomic E-state index is 14.2. The molecule has 0 fully saturated rings. The minimum Gasteiger partial charge on any atom is -0.258 e. The van der Waals surface area contributed by atoms with Crippen LogP contribution in [0.25, 0.3) is 16.6 Å². The number of nitro groups is 1. The van der Waals surface area contributed by atoms with Crippen LogP contribution in [-0.4, -0.2) is 19.7 Å². The Bertz CT molecular complexity index is 833. The van der Waals surface area contributed by atoms with E-state index in [9.17, 15) is 14.5 Å². The molecule has 0 N–H and O–H groups in total. The normalized spacial score (nSPS) is 10.9. The van der Waals surface area contributed by atoms with Gasteiger partial charge in [-0.2, -0.15) is 5.10 Å². The largest absolute Gasteiger partial charge is 0.281 e. The topological polar surface area (TPSA) is 73.8 Å². The second-order valence-corrected chi connectivity index (χ2v) is 5.23. The summed E-state index contributed by atoms with van der Waals surface area (Å²) in [4.78, 5) is 14.4. The van der Waals surface area contributed by atoms with Gasteiger partial charge in [0.05, 0.1) is 26.1 Å². The first-order valence-electron chi connectivity index (χ1n) is 5.50. The van der Waals surface area contributed by atoms with Crippen molar-refractivity contribution >= 4 is 39.2 Å². The van der Waals surface area contributed by atoms with Crippen molar-refractivity contribution in [3.63, 3.8) is 0 Å². The van der Waals surface area contributed by atoms with Gasteiger partial charge in [0.25, 0.3) is 5.69 Å². The first-order chi connectivity index (χ1) is 9.58. The third kappa shape index (κ3) is 2.01. The average Bonchev–Trinajstić information content (AvgIpc) is 2.83. The number of aromatic nitrogens is 3. The third-order valence-corrected chi connectivity index (χ3v) is 3.33. The predicted molar refractivity (Wildman–Crippen MR) is 78.2 cm³/mol.